The van der Waals surface area contributed by atoms with Gasteiger partial charge in [0.2, 0.25) is 10.0 Å². The quantitative estimate of drug-likeness (QED) is 0.765. The van der Waals surface area contributed by atoms with Gasteiger partial charge in [-0.3, -0.25) is 0 Å². The first-order valence-corrected chi connectivity index (χ1v) is 8.81. The van der Waals surface area contributed by atoms with E-state index in [2.05, 4.69) is 0 Å². The Morgan fingerprint density at radius 1 is 1.21 bits per heavy atom. The Labute approximate surface area is 116 Å². The highest BCUT2D eigenvalue weighted by Crippen LogP contribution is 2.22. The van der Waals surface area contributed by atoms with Crippen LogP contribution in [-0.2, 0) is 19.5 Å². The minimum Gasteiger partial charge on any atom is -0.384 e. The van der Waals surface area contributed by atoms with E-state index in [1.54, 1.807) is 11.4 Å². The molecule has 5 nitrogen and oxygen atoms in total. The second kappa shape index (κ2) is 7.02. The average molecular weight is 291 g/mol. The fourth-order valence-corrected chi connectivity index (χ4v) is 4.67. The van der Waals surface area contributed by atoms with E-state index in [0.717, 1.165) is 38.7 Å². The molecule has 2 saturated heterocycles. The van der Waals surface area contributed by atoms with Crippen LogP contribution in [0, 0.1) is 5.92 Å². The summed E-state index contributed by atoms with van der Waals surface area (Å²) in [5.74, 6) is 0.648. The molecular formula is C13H25NO4S. The van der Waals surface area contributed by atoms with Crippen molar-refractivity contribution in [3.05, 3.63) is 0 Å². The lowest BCUT2D eigenvalue weighted by molar-refractivity contribution is 0.126. The van der Waals surface area contributed by atoms with Crippen LogP contribution in [0.25, 0.3) is 0 Å². The minimum absolute atomic E-state index is 0.0944. The molecule has 0 radical (unpaired) electrons. The van der Waals surface area contributed by atoms with Crippen LogP contribution in [-0.4, -0.2) is 58.0 Å². The van der Waals surface area contributed by atoms with Gasteiger partial charge in [0.15, 0.2) is 0 Å². The molecule has 0 aliphatic carbocycles. The Kier molecular flexibility index (Phi) is 5.62. The van der Waals surface area contributed by atoms with Crippen LogP contribution in [0.3, 0.4) is 0 Å². The first-order chi connectivity index (χ1) is 9.12. The third-order valence-electron chi connectivity index (χ3n) is 4.02. The molecule has 0 aromatic carbocycles. The largest absolute Gasteiger partial charge is 0.384 e. The summed E-state index contributed by atoms with van der Waals surface area (Å²) < 4.78 is 37.0. The molecular weight excluding hydrogens is 266 g/mol. The first-order valence-electron chi connectivity index (χ1n) is 7.20. The van der Waals surface area contributed by atoms with E-state index in [1.165, 1.54) is 0 Å². The van der Waals surface area contributed by atoms with Gasteiger partial charge in [-0.1, -0.05) is 0 Å². The molecule has 2 atom stereocenters. The van der Waals surface area contributed by atoms with Crippen molar-refractivity contribution in [2.75, 3.05) is 39.2 Å². The van der Waals surface area contributed by atoms with E-state index < -0.39 is 10.0 Å². The van der Waals surface area contributed by atoms with Crippen LogP contribution in [0.15, 0.2) is 0 Å². The van der Waals surface area contributed by atoms with Crippen molar-refractivity contribution in [1.82, 2.24) is 4.31 Å². The number of hydrogen-bond donors (Lipinski definition) is 0. The summed E-state index contributed by atoms with van der Waals surface area (Å²) in [4.78, 5) is 0. The van der Waals surface area contributed by atoms with E-state index in [-0.39, 0.29) is 11.9 Å². The highest BCUT2D eigenvalue weighted by molar-refractivity contribution is 7.89. The van der Waals surface area contributed by atoms with Crippen LogP contribution in [0.4, 0.5) is 0 Å². The predicted octanol–water partition coefficient (Wildman–Crippen LogP) is 1.24. The van der Waals surface area contributed by atoms with Gasteiger partial charge in [-0.2, -0.15) is 0 Å². The molecule has 0 aromatic rings. The van der Waals surface area contributed by atoms with Gasteiger partial charge >= 0.3 is 0 Å². The lowest BCUT2D eigenvalue weighted by Crippen LogP contribution is -2.37. The van der Waals surface area contributed by atoms with Gasteiger partial charge in [-0.15, -0.1) is 0 Å². The fraction of sp³-hybridized carbons (Fsp3) is 1.00. The molecule has 6 heteroatoms. The molecule has 2 rings (SSSR count). The summed E-state index contributed by atoms with van der Waals surface area (Å²) in [6.07, 6.45) is 4.65. The lowest BCUT2D eigenvalue weighted by Gasteiger charge is -2.22. The zero-order chi connectivity index (χ0) is 13.7. The maximum absolute atomic E-state index is 12.4. The summed E-state index contributed by atoms with van der Waals surface area (Å²) in [6.45, 7) is 2.72. The van der Waals surface area contributed by atoms with Gasteiger partial charge in [-0.25, -0.2) is 12.7 Å². The second-order valence-electron chi connectivity index (χ2n) is 5.56. The van der Waals surface area contributed by atoms with Crippen molar-refractivity contribution in [2.24, 2.45) is 5.92 Å². The van der Waals surface area contributed by atoms with Crippen molar-refractivity contribution >= 4 is 10.0 Å². The molecule has 0 bridgehead atoms. The van der Waals surface area contributed by atoms with Crippen LogP contribution in [0.5, 0.6) is 0 Å². The monoisotopic (exact) mass is 291 g/mol. The van der Waals surface area contributed by atoms with Crippen LogP contribution in [0.2, 0.25) is 0 Å². The zero-order valence-corrected chi connectivity index (χ0v) is 12.5. The topological polar surface area (TPSA) is 55.8 Å². The number of sulfonamides is 1. The van der Waals surface area contributed by atoms with Gasteiger partial charge in [0.25, 0.3) is 0 Å². The fourth-order valence-electron chi connectivity index (χ4n) is 2.94. The van der Waals surface area contributed by atoms with Crippen LogP contribution >= 0.6 is 0 Å². The summed E-state index contributed by atoms with van der Waals surface area (Å²) >= 11 is 0. The minimum atomic E-state index is -3.16. The number of ether oxygens (including phenoxy) is 2. The SMILES string of the molecule is COCC1CCCN(S(=O)(=O)CC2CCCO2)CC1. The zero-order valence-electron chi connectivity index (χ0n) is 11.7. The van der Waals surface area contributed by atoms with Crippen LogP contribution in [0.1, 0.15) is 32.1 Å². The molecule has 0 spiro atoms. The predicted molar refractivity (Wildman–Crippen MR) is 73.6 cm³/mol. The molecule has 2 unspecified atom stereocenters. The maximum Gasteiger partial charge on any atom is 0.216 e. The van der Waals surface area contributed by atoms with E-state index in [9.17, 15) is 8.42 Å². The molecule has 19 heavy (non-hydrogen) atoms. The van der Waals surface area contributed by atoms with E-state index in [0.29, 0.717) is 25.6 Å². The summed E-state index contributed by atoms with van der Waals surface area (Å²) in [5.41, 5.74) is 0. The van der Waals surface area contributed by atoms with Crippen molar-refractivity contribution in [3.8, 4) is 0 Å². The average Bonchev–Trinajstić information content (AvgIpc) is 2.73. The Hall–Kier alpha value is -0.170. The van der Waals surface area contributed by atoms with E-state index >= 15 is 0 Å². The molecule has 0 saturated carbocycles. The first kappa shape index (κ1) is 15.2. The molecule has 112 valence electrons. The summed E-state index contributed by atoms with van der Waals surface area (Å²) in [5, 5.41) is 0. The Morgan fingerprint density at radius 3 is 2.74 bits per heavy atom. The second-order valence-corrected chi connectivity index (χ2v) is 7.58. The van der Waals surface area contributed by atoms with Crippen molar-refractivity contribution < 1.29 is 17.9 Å². The normalized spacial score (nSPS) is 30.4. The third-order valence-corrected chi connectivity index (χ3v) is 5.97. The summed E-state index contributed by atoms with van der Waals surface area (Å²) in [7, 11) is -1.46. The van der Waals surface area contributed by atoms with Gasteiger partial charge in [-0.05, 0) is 38.0 Å². The van der Waals surface area contributed by atoms with Gasteiger partial charge in [0.1, 0.15) is 0 Å². The van der Waals surface area contributed by atoms with Crippen molar-refractivity contribution in [3.63, 3.8) is 0 Å². The molecule has 2 aliphatic rings. The molecule has 0 amide bonds. The maximum atomic E-state index is 12.4. The molecule has 2 aliphatic heterocycles. The van der Waals surface area contributed by atoms with Crippen molar-refractivity contribution in [2.45, 2.75) is 38.2 Å². The highest BCUT2D eigenvalue weighted by Gasteiger charge is 2.30. The smallest absolute Gasteiger partial charge is 0.216 e. The van der Waals surface area contributed by atoms with Gasteiger partial charge < -0.3 is 9.47 Å². The number of methoxy groups -OCH3 is 1. The molecule has 0 N–H and O–H groups in total. The van der Waals surface area contributed by atoms with Crippen molar-refractivity contribution in [1.29, 1.82) is 0 Å². The van der Waals surface area contributed by atoms with E-state index in [1.807, 2.05) is 0 Å². The number of rotatable bonds is 5. The Bertz CT molecular complexity index is 365. The molecule has 2 heterocycles. The summed E-state index contributed by atoms with van der Waals surface area (Å²) in [6, 6.07) is 0. The molecule has 2 fully saturated rings. The standard InChI is InChI=1S/C13H25NO4S/c1-17-10-12-4-2-7-14(8-6-12)19(15,16)11-13-5-3-9-18-13/h12-13H,2-11H2,1H3. The van der Waals surface area contributed by atoms with Gasteiger partial charge in [0, 0.05) is 33.4 Å². The van der Waals surface area contributed by atoms with Crippen LogP contribution < -0.4 is 0 Å². The number of hydrogen-bond acceptors (Lipinski definition) is 4. The highest BCUT2D eigenvalue weighted by atomic mass is 32.2. The number of nitrogens with zero attached hydrogens (tertiary/aromatic N) is 1. The Morgan fingerprint density at radius 2 is 2.05 bits per heavy atom. The lowest BCUT2D eigenvalue weighted by atomic mass is 10.0. The molecule has 0 aromatic heterocycles. The van der Waals surface area contributed by atoms with E-state index in [4.69, 9.17) is 9.47 Å². The third kappa shape index (κ3) is 4.41. The van der Waals surface area contributed by atoms with Gasteiger partial charge in [0.05, 0.1) is 11.9 Å². The Balaban J connectivity index is 1.88.